The Labute approximate surface area is 91.8 Å². The highest BCUT2D eigenvalue weighted by molar-refractivity contribution is 14.1. The van der Waals surface area contributed by atoms with Gasteiger partial charge in [0.15, 0.2) is 0 Å². The van der Waals surface area contributed by atoms with Crippen LogP contribution in [0.5, 0.6) is 0 Å². The maximum Gasteiger partial charge on any atom is 0.233 e. The third kappa shape index (κ3) is 2.03. The summed E-state index contributed by atoms with van der Waals surface area (Å²) in [6.07, 6.45) is 1.81. The number of amides is 2. The molecule has 0 aromatic heterocycles. The number of carbonyl (C=O) groups is 2. The highest BCUT2D eigenvalue weighted by atomic mass is 127. The van der Waals surface area contributed by atoms with Crippen molar-refractivity contribution in [1.29, 1.82) is 0 Å². The molecule has 1 aliphatic rings. The molecule has 0 aromatic carbocycles. The van der Waals surface area contributed by atoms with Crippen molar-refractivity contribution in [3.8, 4) is 0 Å². The lowest BCUT2D eigenvalue weighted by Crippen LogP contribution is -2.28. The molecular formula is C9H14INO2. The van der Waals surface area contributed by atoms with Crippen molar-refractivity contribution in [2.45, 2.75) is 26.7 Å². The fourth-order valence-corrected chi connectivity index (χ4v) is 2.06. The first kappa shape index (κ1) is 10.9. The molecule has 3 nitrogen and oxygen atoms in total. The van der Waals surface area contributed by atoms with E-state index >= 15 is 0 Å². The Morgan fingerprint density at radius 3 is 2.46 bits per heavy atom. The average Bonchev–Trinajstić information content (AvgIpc) is 2.21. The normalized spacial score (nSPS) is 26.2. The molecule has 1 rings (SSSR count). The standard InChI is InChI=1S/C9H14INO2/c1-9(2)6(4-3-5-10)7(12)11-8(9)13/h6H,3-5H2,1-2H3,(H,11,12,13). The Morgan fingerprint density at radius 1 is 1.46 bits per heavy atom. The largest absolute Gasteiger partial charge is 0.296 e. The van der Waals surface area contributed by atoms with Crippen LogP contribution in [0, 0.1) is 11.3 Å². The second kappa shape index (κ2) is 3.94. The second-order valence-corrected chi connectivity index (χ2v) is 5.00. The zero-order chi connectivity index (χ0) is 10.1. The Hall–Kier alpha value is -0.130. The smallest absolute Gasteiger partial charge is 0.233 e. The third-order valence-electron chi connectivity index (χ3n) is 2.64. The molecule has 0 aromatic rings. The van der Waals surface area contributed by atoms with Gasteiger partial charge in [-0.15, -0.1) is 0 Å². The number of halogens is 1. The van der Waals surface area contributed by atoms with Crippen molar-refractivity contribution in [3.63, 3.8) is 0 Å². The molecule has 2 amide bonds. The molecule has 74 valence electrons. The van der Waals surface area contributed by atoms with Crippen LogP contribution in [0.4, 0.5) is 0 Å². The van der Waals surface area contributed by atoms with Gasteiger partial charge < -0.3 is 0 Å². The topological polar surface area (TPSA) is 46.2 Å². The molecule has 1 fully saturated rings. The highest BCUT2D eigenvalue weighted by Crippen LogP contribution is 2.35. The molecule has 4 heteroatoms. The summed E-state index contributed by atoms with van der Waals surface area (Å²) in [7, 11) is 0. The van der Waals surface area contributed by atoms with Gasteiger partial charge in [0.1, 0.15) is 0 Å². The molecular weight excluding hydrogens is 281 g/mol. The molecule has 0 radical (unpaired) electrons. The summed E-state index contributed by atoms with van der Waals surface area (Å²) in [5.41, 5.74) is -0.511. The lowest BCUT2D eigenvalue weighted by Gasteiger charge is -2.20. The Balaban J connectivity index is 2.71. The number of hydrogen-bond acceptors (Lipinski definition) is 2. The first-order valence-corrected chi connectivity index (χ1v) is 5.94. The summed E-state index contributed by atoms with van der Waals surface area (Å²) < 4.78 is 1.03. The van der Waals surface area contributed by atoms with Crippen molar-refractivity contribution in [2.24, 2.45) is 11.3 Å². The fraction of sp³-hybridized carbons (Fsp3) is 0.778. The van der Waals surface area contributed by atoms with Gasteiger partial charge in [-0.3, -0.25) is 14.9 Å². The van der Waals surface area contributed by atoms with E-state index in [-0.39, 0.29) is 17.7 Å². The summed E-state index contributed by atoms with van der Waals surface area (Å²) in [4.78, 5) is 22.7. The molecule has 1 aliphatic heterocycles. The molecule has 0 spiro atoms. The highest BCUT2D eigenvalue weighted by Gasteiger charge is 2.47. The van der Waals surface area contributed by atoms with Crippen molar-refractivity contribution < 1.29 is 9.59 Å². The fourth-order valence-electron chi connectivity index (χ4n) is 1.62. The van der Waals surface area contributed by atoms with Crippen molar-refractivity contribution in [3.05, 3.63) is 0 Å². The van der Waals surface area contributed by atoms with E-state index in [1.165, 1.54) is 0 Å². The van der Waals surface area contributed by atoms with E-state index in [0.717, 1.165) is 17.3 Å². The SMILES string of the molecule is CC1(C)C(=O)NC(=O)C1CCCI. The number of rotatable bonds is 3. The van der Waals surface area contributed by atoms with E-state index in [4.69, 9.17) is 0 Å². The number of carbonyl (C=O) groups excluding carboxylic acids is 2. The zero-order valence-corrected chi connectivity index (χ0v) is 10.1. The Kier molecular flexibility index (Phi) is 3.32. The second-order valence-electron chi connectivity index (χ2n) is 3.92. The van der Waals surface area contributed by atoms with Crippen molar-refractivity contribution in [1.82, 2.24) is 5.32 Å². The lowest BCUT2D eigenvalue weighted by molar-refractivity contribution is -0.127. The van der Waals surface area contributed by atoms with Gasteiger partial charge in [0.05, 0.1) is 11.3 Å². The van der Waals surface area contributed by atoms with Gasteiger partial charge in [-0.25, -0.2) is 0 Å². The first-order chi connectivity index (χ1) is 6.00. The van der Waals surface area contributed by atoms with Crippen LogP contribution < -0.4 is 5.32 Å². The summed E-state index contributed by atoms with van der Waals surface area (Å²) >= 11 is 2.28. The minimum atomic E-state index is -0.511. The molecule has 0 bridgehead atoms. The third-order valence-corrected chi connectivity index (χ3v) is 3.40. The van der Waals surface area contributed by atoms with E-state index in [1.807, 2.05) is 13.8 Å². The van der Waals surface area contributed by atoms with Gasteiger partial charge in [0.25, 0.3) is 0 Å². The number of hydrogen-bond donors (Lipinski definition) is 1. The Bertz CT molecular complexity index is 238. The van der Waals surface area contributed by atoms with Gasteiger partial charge in [-0.05, 0) is 17.3 Å². The molecule has 13 heavy (non-hydrogen) atoms. The number of alkyl halides is 1. The lowest BCUT2D eigenvalue weighted by atomic mass is 9.79. The van der Waals surface area contributed by atoms with E-state index < -0.39 is 5.41 Å². The maximum atomic E-state index is 11.4. The van der Waals surface area contributed by atoms with E-state index in [1.54, 1.807) is 0 Å². The minimum Gasteiger partial charge on any atom is -0.296 e. The van der Waals surface area contributed by atoms with E-state index in [9.17, 15) is 9.59 Å². The van der Waals surface area contributed by atoms with Gasteiger partial charge in [0.2, 0.25) is 11.8 Å². The summed E-state index contributed by atoms with van der Waals surface area (Å²) in [5, 5.41) is 2.39. The molecule has 1 heterocycles. The molecule has 1 saturated heterocycles. The van der Waals surface area contributed by atoms with Crippen LogP contribution in [0.2, 0.25) is 0 Å². The maximum absolute atomic E-state index is 11.4. The first-order valence-electron chi connectivity index (χ1n) is 4.41. The average molecular weight is 295 g/mol. The van der Waals surface area contributed by atoms with Gasteiger partial charge >= 0.3 is 0 Å². The monoisotopic (exact) mass is 295 g/mol. The number of imide groups is 1. The summed E-state index contributed by atoms with van der Waals surface area (Å²) in [6, 6.07) is 0. The van der Waals surface area contributed by atoms with Crippen LogP contribution in [0.1, 0.15) is 26.7 Å². The quantitative estimate of drug-likeness (QED) is 0.487. The van der Waals surface area contributed by atoms with Gasteiger partial charge in [-0.2, -0.15) is 0 Å². The number of nitrogens with one attached hydrogen (secondary N) is 1. The molecule has 1 atom stereocenters. The van der Waals surface area contributed by atoms with Crippen LogP contribution >= 0.6 is 22.6 Å². The van der Waals surface area contributed by atoms with Gasteiger partial charge in [0, 0.05) is 0 Å². The molecule has 1 unspecified atom stereocenters. The molecule has 0 saturated carbocycles. The molecule has 1 N–H and O–H groups in total. The summed E-state index contributed by atoms with van der Waals surface area (Å²) in [6.45, 7) is 3.68. The van der Waals surface area contributed by atoms with Crippen LogP contribution in [0.15, 0.2) is 0 Å². The summed E-state index contributed by atoms with van der Waals surface area (Å²) in [5.74, 6) is -0.356. The predicted octanol–water partition coefficient (Wildman–Crippen LogP) is 1.50. The zero-order valence-electron chi connectivity index (χ0n) is 7.89. The van der Waals surface area contributed by atoms with Crippen molar-refractivity contribution in [2.75, 3.05) is 4.43 Å². The van der Waals surface area contributed by atoms with Crippen LogP contribution in [-0.2, 0) is 9.59 Å². The van der Waals surface area contributed by atoms with Crippen LogP contribution in [-0.4, -0.2) is 16.2 Å². The van der Waals surface area contributed by atoms with E-state index in [2.05, 4.69) is 27.9 Å². The van der Waals surface area contributed by atoms with Crippen molar-refractivity contribution >= 4 is 34.4 Å². The molecule has 0 aliphatic carbocycles. The van der Waals surface area contributed by atoms with E-state index in [0.29, 0.717) is 0 Å². The Morgan fingerprint density at radius 2 is 2.08 bits per heavy atom. The predicted molar refractivity (Wildman–Crippen MR) is 58.5 cm³/mol. The van der Waals surface area contributed by atoms with Crippen LogP contribution in [0.3, 0.4) is 0 Å². The van der Waals surface area contributed by atoms with Crippen LogP contribution in [0.25, 0.3) is 0 Å². The van der Waals surface area contributed by atoms with Gasteiger partial charge in [-0.1, -0.05) is 36.4 Å². The minimum absolute atomic E-state index is 0.0974.